The molecule has 1 aliphatic rings. The molecule has 1 aromatic carbocycles. The highest BCUT2D eigenvalue weighted by Crippen LogP contribution is 2.21. The molecule has 1 atom stereocenters. The lowest BCUT2D eigenvalue weighted by Gasteiger charge is -2.09. The summed E-state index contributed by atoms with van der Waals surface area (Å²) in [6.07, 6.45) is -0.781. The summed E-state index contributed by atoms with van der Waals surface area (Å²) in [6.45, 7) is -2.75. The number of aromatic amines is 1. The number of hydrogen-bond donors (Lipinski definition) is 2. The third-order valence-electron chi connectivity index (χ3n) is 3.33. The predicted molar refractivity (Wildman–Crippen MR) is 82.5 cm³/mol. The van der Waals surface area contributed by atoms with Crippen LogP contribution in [0.5, 0.6) is 0 Å². The van der Waals surface area contributed by atoms with Crippen molar-refractivity contribution in [2.24, 2.45) is 0 Å². The summed E-state index contributed by atoms with van der Waals surface area (Å²) in [4.78, 5) is 15.2. The normalized spacial score (nSPS) is 27.2. The highest BCUT2D eigenvalue weighted by Gasteiger charge is 2.22. The Morgan fingerprint density at radius 3 is 3.29 bits per heavy atom. The zero-order chi connectivity index (χ0) is 20.0. The number of nitrogens with one attached hydrogen (secondary N) is 2. The van der Waals surface area contributed by atoms with E-state index in [0.717, 1.165) is 10.5 Å². The molecule has 2 heterocycles. The number of nitrogens with zero attached hydrogens (tertiary/aromatic N) is 1. The number of alkyl carbamates (subject to hydrolysis) is 1. The van der Waals surface area contributed by atoms with Gasteiger partial charge >= 0.3 is 6.09 Å². The van der Waals surface area contributed by atoms with E-state index in [-0.39, 0.29) is 19.6 Å². The Labute approximate surface area is 132 Å². The molecule has 1 amide bonds. The molecule has 2 aromatic rings. The molecule has 2 N–H and O–H groups in total. The van der Waals surface area contributed by atoms with Crippen LogP contribution in [0.4, 0.5) is 4.79 Å². The molecular formula is C16H21N3O2. The number of likely N-dealkylation sites (N-methyl/N-ethyl adjacent to an activating group) is 1. The van der Waals surface area contributed by atoms with E-state index < -0.39 is 25.5 Å². The first-order valence-corrected chi connectivity index (χ1v) is 6.66. The highest BCUT2D eigenvalue weighted by atomic mass is 16.6. The molecule has 5 nitrogen and oxygen atoms in total. The first kappa shape index (κ1) is 8.44. The molecule has 1 aromatic heterocycles. The minimum absolute atomic E-state index is 0.0614. The minimum Gasteiger partial charge on any atom is -0.447 e. The summed E-state index contributed by atoms with van der Waals surface area (Å²) < 4.78 is 52.1. The van der Waals surface area contributed by atoms with Crippen LogP contribution in [0.2, 0.25) is 0 Å². The van der Waals surface area contributed by atoms with Gasteiger partial charge in [-0.3, -0.25) is 0 Å². The Balaban J connectivity index is 1.90. The fourth-order valence-corrected chi connectivity index (χ4v) is 2.34. The average Bonchev–Trinajstić information content (AvgIpc) is 3.09. The minimum atomic E-state index is -2.39. The molecule has 112 valence electrons. The maximum atomic E-state index is 11.2. The third-order valence-corrected chi connectivity index (χ3v) is 3.33. The Morgan fingerprint density at radius 2 is 2.52 bits per heavy atom. The summed E-state index contributed by atoms with van der Waals surface area (Å²) in [5.41, 5.74) is 1.80. The van der Waals surface area contributed by atoms with Crippen LogP contribution in [-0.4, -0.2) is 49.2 Å². The highest BCUT2D eigenvalue weighted by molar-refractivity contribution is 5.84. The van der Waals surface area contributed by atoms with Gasteiger partial charge in [-0.05, 0) is 50.1 Å². The van der Waals surface area contributed by atoms with E-state index >= 15 is 0 Å². The quantitative estimate of drug-likeness (QED) is 0.885. The van der Waals surface area contributed by atoms with Crippen LogP contribution in [-0.2, 0) is 17.5 Å². The van der Waals surface area contributed by atoms with Gasteiger partial charge in [-0.15, -0.1) is 0 Å². The van der Waals surface area contributed by atoms with Crippen molar-refractivity contribution in [2.75, 3.05) is 27.2 Å². The number of rotatable bonds is 5. The van der Waals surface area contributed by atoms with Gasteiger partial charge in [0, 0.05) is 30.5 Å². The largest absolute Gasteiger partial charge is 0.447 e. The molecule has 0 bridgehead atoms. The van der Waals surface area contributed by atoms with Crippen molar-refractivity contribution < 1.29 is 17.8 Å². The Morgan fingerprint density at radius 1 is 1.62 bits per heavy atom. The number of H-pyrrole nitrogens is 1. The molecule has 5 heteroatoms. The van der Waals surface area contributed by atoms with Crippen LogP contribution in [0.15, 0.2) is 24.4 Å². The second-order valence-electron chi connectivity index (χ2n) is 5.10. The number of ether oxygens (including phenoxy) is 1. The van der Waals surface area contributed by atoms with Gasteiger partial charge in [0.25, 0.3) is 0 Å². The lowest BCUT2D eigenvalue weighted by Crippen LogP contribution is -2.28. The molecule has 1 fully saturated rings. The molecule has 0 radical (unpaired) electrons. The van der Waals surface area contributed by atoms with Crippen molar-refractivity contribution in [3.8, 4) is 0 Å². The standard InChI is InChI=1S/C16H21N3O2/c1-19(2)6-5-12-9-17-15-4-3-11(8-14(12)15)7-13-10-21-16(20)18-13/h3-4,8-9,13,17H,5-7,10H2,1-2H3,(H,18,20)/t13-/m0/s1/i1D3,5D2,13D. The van der Waals surface area contributed by atoms with Gasteiger partial charge in [-0.2, -0.15) is 0 Å². The van der Waals surface area contributed by atoms with Crippen molar-refractivity contribution >= 4 is 17.0 Å². The van der Waals surface area contributed by atoms with E-state index in [9.17, 15) is 4.79 Å². The second-order valence-corrected chi connectivity index (χ2v) is 5.10. The second kappa shape index (κ2) is 5.77. The van der Waals surface area contributed by atoms with Gasteiger partial charge in [-0.25, -0.2) is 4.79 Å². The van der Waals surface area contributed by atoms with Gasteiger partial charge in [0.2, 0.25) is 0 Å². The van der Waals surface area contributed by atoms with Gasteiger partial charge < -0.3 is 19.9 Å². The van der Waals surface area contributed by atoms with E-state index in [1.165, 1.54) is 7.05 Å². The molecule has 3 rings (SSSR count). The van der Waals surface area contributed by atoms with Crippen LogP contribution >= 0.6 is 0 Å². The van der Waals surface area contributed by atoms with E-state index in [1.54, 1.807) is 24.4 Å². The zero-order valence-electron chi connectivity index (χ0n) is 17.7. The van der Waals surface area contributed by atoms with Crippen LogP contribution in [0.1, 0.15) is 19.4 Å². The lowest BCUT2D eigenvalue weighted by molar-refractivity contribution is 0.177. The Kier molecular flexibility index (Phi) is 2.32. The summed E-state index contributed by atoms with van der Waals surface area (Å²) in [6, 6.07) is 4.07. The number of carbonyl (C=O) groups excluding carboxylic acids is 1. The summed E-state index contributed by atoms with van der Waals surface area (Å²) in [5, 5.41) is 3.08. The first-order valence-electron chi connectivity index (χ1n) is 9.66. The summed E-state index contributed by atoms with van der Waals surface area (Å²) in [5.74, 6) is 0. The molecule has 0 unspecified atom stereocenters. The maximum absolute atomic E-state index is 11.2. The predicted octanol–water partition coefficient (Wildman–Crippen LogP) is 1.92. The maximum Gasteiger partial charge on any atom is 0.407 e. The van der Waals surface area contributed by atoms with Crippen LogP contribution in [0.25, 0.3) is 10.9 Å². The monoisotopic (exact) mass is 293 g/mol. The smallest absolute Gasteiger partial charge is 0.407 e. The lowest BCUT2D eigenvalue weighted by atomic mass is 10.0. The third kappa shape index (κ3) is 3.19. The number of amides is 1. The molecule has 0 aliphatic carbocycles. The van der Waals surface area contributed by atoms with Crippen molar-refractivity contribution in [3.05, 3.63) is 35.5 Å². The molecule has 1 saturated heterocycles. The van der Waals surface area contributed by atoms with Gasteiger partial charge in [0.15, 0.2) is 0 Å². The summed E-state index contributed by atoms with van der Waals surface area (Å²) in [7, 11) is 1.36. The van der Waals surface area contributed by atoms with Crippen LogP contribution < -0.4 is 5.32 Å². The first-order chi connectivity index (χ1) is 12.4. The Hall–Kier alpha value is -2.01. The fourth-order valence-electron chi connectivity index (χ4n) is 2.34. The fraction of sp³-hybridized carbons (Fsp3) is 0.438. The molecule has 1 aliphatic heterocycles. The van der Waals surface area contributed by atoms with E-state index in [0.29, 0.717) is 16.5 Å². The van der Waals surface area contributed by atoms with Gasteiger partial charge in [0.1, 0.15) is 6.61 Å². The zero-order valence-corrected chi connectivity index (χ0v) is 11.7. The molecule has 0 saturated carbocycles. The van der Waals surface area contributed by atoms with Crippen molar-refractivity contribution in [3.63, 3.8) is 0 Å². The summed E-state index contributed by atoms with van der Waals surface area (Å²) >= 11 is 0. The van der Waals surface area contributed by atoms with E-state index in [4.69, 9.17) is 13.0 Å². The van der Waals surface area contributed by atoms with Crippen LogP contribution in [0.3, 0.4) is 0 Å². The number of cyclic esters (lactones) is 1. The van der Waals surface area contributed by atoms with Crippen molar-refractivity contribution in [2.45, 2.75) is 18.8 Å². The van der Waals surface area contributed by atoms with Crippen molar-refractivity contribution in [1.29, 1.82) is 0 Å². The Bertz CT molecular complexity index is 865. The number of fused-ring (bicyclic) bond motifs is 1. The topological polar surface area (TPSA) is 57.4 Å². The van der Waals surface area contributed by atoms with Gasteiger partial charge in [0.05, 0.1) is 7.39 Å². The number of hydrogen-bond acceptors (Lipinski definition) is 3. The molecule has 21 heavy (non-hydrogen) atoms. The van der Waals surface area contributed by atoms with Gasteiger partial charge in [-0.1, -0.05) is 6.07 Å². The van der Waals surface area contributed by atoms with E-state index in [2.05, 4.69) is 10.3 Å². The molecule has 0 spiro atoms. The molecular weight excluding hydrogens is 266 g/mol. The average molecular weight is 293 g/mol. The number of carbonyl (C=O) groups is 1. The SMILES string of the molecule is [2H]C([2H])(CN(C)C([2H])([2H])[2H])c1c[nH]c2ccc(C[C@@]3([2H])COC(=O)N3)cc12. The number of benzene rings is 1. The number of aromatic nitrogens is 1. The van der Waals surface area contributed by atoms with Crippen LogP contribution in [0, 0.1) is 0 Å². The van der Waals surface area contributed by atoms with Crippen molar-refractivity contribution in [1.82, 2.24) is 15.2 Å². The van der Waals surface area contributed by atoms with E-state index in [1.807, 2.05) is 0 Å².